The number of aryl methyl sites for hydroxylation is 1. The molecule has 0 saturated carbocycles. The molecule has 9 heteroatoms. The topological polar surface area (TPSA) is 59.8 Å². The molecule has 0 aliphatic heterocycles. The lowest BCUT2D eigenvalue weighted by Gasteiger charge is -2.14. The summed E-state index contributed by atoms with van der Waals surface area (Å²) in [5, 5.41) is 4.57. The molecule has 2 heterocycles. The standard InChI is InChI=1S/C22H20F3N4OP/c1-29-11-10-14-4-5-15(12-19(14)29)20-18(22(23,24)25)13-26-21(28-20)27-16-6-8-17(9-7-16)31(2,3)30/h4-13H,1-3H3,(H,26,27,28). The van der Waals surface area contributed by atoms with Gasteiger partial charge in [0.1, 0.15) is 12.7 Å². The molecule has 0 radical (unpaired) electrons. The van der Waals surface area contributed by atoms with Gasteiger partial charge in [0.25, 0.3) is 0 Å². The van der Waals surface area contributed by atoms with Crippen molar-refractivity contribution in [1.82, 2.24) is 14.5 Å². The highest BCUT2D eigenvalue weighted by atomic mass is 31.2. The summed E-state index contributed by atoms with van der Waals surface area (Å²) in [6.07, 6.45) is -1.95. The van der Waals surface area contributed by atoms with E-state index in [4.69, 9.17) is 0 Å². The van der Waals surface area contributed by atoms with Crippen LogP contribution in [0.2, 0.25) is 0 Å². The van der Waals surface area contributed by atoms with Gasteiger partial charge in [-0.2, -0.15) is 13.2 Å². The molecule has 0 unspecified atom stereocenters. The highest BCUT2D eigenvalue weighted by Crippen LogP contribution is 2.37. The number of nitrogens with zero attached hydrogens (tertiary/aromatic N) is 3. The summed E-state index contributed by atoms with van der Waals surface area (Å²) >= 11 is 0. The summed E-state index contributed by atoms with van der Waals surface area (Å²) in [7, 11) is -0.566. The van der Waals surface area contributed by atoms with Crippen molar-refractivity contribution < 1.29 is 17.7 Å². The number of anilines is 2. The summed E-state index contributed by atoms with van der Waals surface area (Å²) in [5.41, 5.74) is 0.634. The van der Waals surface area contributed by atoms with Crippen LogP contribution in [-0.4, -0.2) is 27.9 Å². The minimum absolute atomic E-state index is 0.0407. The minimum Gasteiger partial charge on any atom is -0.351 e. The van der Waals surface area contributed by atoms with Gasteiger partial charge in [0.2, 0.25) is 5.95 Å². The van der Waals surface area contributed by atoms with Gasteiger partial charge in [-0.15, -0.1) is 0 Å². The van der Waals surface area contributed by atoms with E-state index < -0.39 is 18.9 Å². The van der Waals surface area contributed by atoms with Crippen LogP contribution in [0.4, 0.5) is 24.8 Å². The van der Waals surface area contributed by atoms with E-state index in [1.807, 2.05) is 23.9 Å². The van der Waals surface area contributed by atoms with Crippen molar-refractivity contribution in [3.8, 4) is 11.3 Å². The molecule has 0 fully saturated rings. The van der Waals surface area contributed by atoms with Crippen LogP contribution in [0.15, 0.2) is 60.9 Å². The van der Waals surface area contributed by atoms with E-state index in [2.05, 4.69) is 15.3 Å². The van der Waals surface area contributed by atoms with Gasteiger partial charge in [-0.05, 0) is 55.1 Å². The van der Waals surface area contributed by atoms with Crippen LogP contribution >= 0.6 is 7.14 Å². The largest absolute Gasteiger partial charge is 0.419 e. The molecule has 160 valence electrons. The van der Waals surface area contributed by atoms with Gasteiger partial charge in [-0.1, -0.05) is 12.1 Å². The maximum absolute atomic E-state index is 13.6. The van der Waals surface area contributed by atoms with E-state index in [0.717, 1.165) is 17.1 Å². The first-order chi connectivity index (χ1) is 14.5. The molecule has 0 bridgehead atoms. The number of fused-ring (bicyclic) bond motifs is 1. The monoisotopic (exact) mass is 444 g/mol. The molecule has 4 aromatic rings. The Labute approximate surface area is 177 Å². The Balaban J connectivity index is 1.75. The van der Waals surface area contributed by atoms with Gasteiger partial charge >= 0.3 is 6.18 Å². The Morgan fingerprint density at radius 1 is 1.03 bits per heavy atom. The predicted molar refractivity (Wildman–Crippen MR) is 118 cm³/mol. The molecule has 0 amide bonds. The molecule has 0 aliphatic carbocycles. The van der Waals surface area contributed by atoms with Crippen molar-refractivity contribution in [2.45, 2.75) is 6.18 Å². The number of alkyl halides is 3. The smallest absolute Gasteiger partial charge is 0.351 e. The van der Waals surface area contributed by atoms with E-state index in [9.17, 15) is 17.7 Å². The lowest BCUT2D eigenvalue weighted by atomic mass is 10.1. The maximum atomic E-state index is 13.6. The Bertz CT molecular complexity index is 1310. The average Bonchev–Trinajstić information content (AvgIpc) is 3.07. The summed E-state index contributed by atoms with van der Waals surface area (Å²) in [4.78, 5) is 8.06. The number of rotatable bonds is 4. The number of hydrogen-bond acceptors (Lipinski definition) is 4. The number of hydrogen-bond donors (Lipinski definition) is 1. The molecule has 4 rings (SSSR count). The quantitative estimate of drug-likeness (QED) is 0.414. The van der Waals surface area contributed by atoms with E-state index in [-0.39, 0.29) is 11.6 Å². The van der Waals surface area contributed by atoms with Crippen LogP contribution in [0, 0.1) is 0 Å². The fraction of sp³-hybridized carbons (Fsp3) is 0.182. The van der Waals surface area contributed by atoms with Gasteiger partial charge in [0.05, 0.1) is 5.69 Å². The van der Waals surface area contributed by atoms with Crippen LogP contribution < -0.4 is 10.6 Å². The van der Waals surface area contributed by atoms with Gasteiger partial charge in [0.15, 0.2) is 0 Å². The maximum Gasteiger partial charge on any atom is 0.419 e. The van der Waals surface area contributed by atoms with E-state index in [1.165, 1.54) is 0 Å². The molecular weight excluding hydrogens is 424 g/mol. The van der Waals surface area contributed by atoms with Crippen molar-refractivity contribution in [1.29, 1.82) is 0 Å². The zero-order valence-electron chi connectivity index (χ0n) is 17.1. The van der Waals surface area contributed by atoms with Crippen molar-refractivity contribution in [3.05, 3.63) is 66.5 Å². The number of nitrogens with one attached hydrogen (secondary N) is 1. The van der Waals surface area contributed by atoms with Crippen molar-refractivity contribution in [2.24, 2.45) is 7.05 Å². The second kappa shape index (κ2) is 7.54. The Morgan fingerprint density at radius 2 is 1.74 bits per heavy atom. The lowest BCUT2D eigenvalue weighted by molar-refractivity contribution is -0.137. The van der Waals surface area contributed by atoms with Crippen molar-refractivity contribution in [2.75, 3.05) is 18.6 Å². The Morgan fingerprint density at radius 3 is 2.39 bits per heavy atom. The van der Waals surface area contributed by atoms with Crippen LogP contribution in [-0.2, 0) is 17.8 Å². The second-order valence-electron chi connectivity index (χ2n) is 7.68. The molecular formula is C22H20F3N4OP. The van der Waals surface area contributed by atoms with E-state index in [0.29, 0.717) is 16.6 Å². The highest BCUT2D eigenvalue weighted by Gasteiger charge is 2.35. The predicted octanol–water partition coefficient (Wildman–Crippen LogP) is 5.65. The fourth-order valence-electron chi connectivity index (χ4n) is 3.31. The third-order valence-corrected chi connectivity index (χ3v) is 6.54. The fourth-order valence-corrected chi connectivity index (χ4v) is 4.18. The van der Waals surface area contributed by atoms with Crippen molar-refractivity contribution >= 4 is 35.0 Å². The third-order valence-electron chi connectivity index (χ3n) is 5.00. The number of benzene rings is 2. The third kappa shape index (κ3) is 4.35. The van der Waals surface area contributed by atoms with Crippen LogP contribution in [0.1, 0.15) is 5.56 Å². The molecule has 31 heavy (non-hydrogen) atoms. The Kier molecular flexibility index (Phi) is 5.13. The zero-order chi connectivity index (χ0) is 22.4. The van der Waals surface area contributed by atoms with Gasteiger partial charge in [0, 0.05) is 41.5 Å². The van der Waals surface area contributed by atoms with Crippen LogP contribution in [0.5, 0.6) is 0 Å². The molecule has 0 atom stereocenters. The molecule has 0 spiro atoms. The summed E-state index contributed by atoms with van der Waals surface area (Å²) < 4.78 is 55.0. The summed E-state index contributed by atoms with van der Waals surface area (Å²) in [6.45, 7) is 3.34. The average molecular weight is 444 g/mol. The normalized spacial score (nSPS) is 12.3. The number of aromatic nitrogens is 3. The molecule has 2 aromatic carbocycles. The SMILES string of the molecule is Cn1ccc2ccc(-c3nc(Nc4ccc(P(C)(C)=O)cc4)ncc3C(F)(F)F)cc21. The first kappa shape index (κ1) is 21.1. The lowest BCUT2D eigenvalue weighted by Crippen LogP contribution is -2.11. The number of halogens is 3. The van der Waals surface area contributed by atoms with Crippen molar-refractivity contribution in [3.63, 3.8) is 0 Å². The minimum atomic E-state index is -4.60. The molecule has 5 nitrogen and oxygen atoms in total. The first-order valence-electron chi connectivity index (χ1n) is 9.45. The summed E-state index contributed by atoms with van der Waals surface area (Å²) in [5.74, 6) is 0.0407. The molecule has 2 aromatic heterocycles. The molecule has 0 aliphatic rings. The van der Waals surface area contributed by atoms with E-state index >= 15 is 0 Å². The van der Waals surface area contributed by atoms with Crippen LogP contribution in [0.25, 0.3) is 22.2 Å². The summed E-state index contributed by atoms with van der Waals surface area (Å²) in [6, 6.07) is 13.8. The molecule has 0 saturated heterocycles. The zero-order valence-corrected chi connectivity index (χ0v) is 18.0. The first-order valence-corrected chi connectivity index (χ1v) is 12.0. The van der Waals surface area contributed by atoms with Crippen LogP contribution in [0.3, 0.4) is 0 Å². The van der Waals surface area contributed by atoms with Gasteiger partial charge in [-0.3, -0.25) is 0 Å². The Hall–Kier alpha value is -3.12. The highest BCUT2D eigenvalue weighted by molar-refractivity contribution is 7.70. The van der Waals surface area contributed by atoms with E-state index in [1.54, 1.807) is 55.8 Å². The molecule has 1 N–H and O–H groups in total. The second-order valence-corrected chi connectivity index (χ2v) is 10.9. The van der Waals surface area contributed by atoms with Gasteiger partial charge < -0.3 is 14.4 Å². The van der Waals surface area contributed by atoms with Gasteiger partial charge in [-0.25, -0.2) is 9.97 Å².